The zero-order valence-electron chi connectivity index (χ0n) is 15.8. The molecule has 0 saturated carbocycles. The first-order valence-electron chi connectivity index (χ1n) is 9.95. The summed E-state index contributed by atoms with van der Waals surface area (Å²) in [7, 11) is 0. The van der Waals surface area contributed by atoms with Gasteiger partial charge in [0.1, 0.15) is 0 Å². The van der Waals surface area contributed by atoms with Crippen LogP contribution in [0.25, 0.3) is 0 Å². The summed E-state index contributed by atoms with van der Waals surface area (Å²) in [4.78, 5) is 17.7. The van der Waals surface area contributed by atoms with E-state index >= 15 is 0 Å². The fourth-order valence-corrected chi connectivity index (χ4v) is 4.77. The lowest BCUT2D eigenvalue weighted by Crippen LogP contribution is -2.53. The molecular weight excluding hydrogens is 340 g/mol. The minimum atomic E-state index is 0.107. The molecule has 1 aromatic carbocycles. The number of hydrogen-bond acceptors (Lipinski definition) is 4. The summed E-state index contributed by atoms with van der Waals surface area (Å²) in [6.07, 6.45) is 3.92. The van der Waals surface area contributed by atoms with Crippen molar-refractivity contribution >= 4 is 5.91 Å². The summed E-state index contributed by atoms with van der Waals surface area (Å²) in [6, 6.07) is 8.66. The zero-order valence-corrected chi connectivity index (χ0v) is 15.8. The second-order valence-electron chi connectivity index (χ2n) is 7.93. The minimum absolute atomic E-state index is 0.107. The molecule has 142 valence electrons. The first-order chi connectivity index (χ1) is 13.2. The van der Waals surface area contributed by atoms with Crippen LogP contribution in [0.5, 0.6) is 0 Å². The van der Waals surface area contributed by atoms with Gasteiger partial charge in [0, 0.05) is 32.7 Å². The van der Waals surface area contributed by atoms with Gasteiger partial charge in [-0.1, -0.05) is 24.3 Å². The maximum absolute atomic E-state index is 13.3. The molecule has 3 aliphatic heterocycles. The Labute approximate surface area is 159 Å². The lowest BCUT2D eigenvalue weighted by molar-refractivity contribution is -0.0371. The highest BCUT2D eigenvalue weighted by atomic mass is 16.5. The van der Waals surface area contributed by atoms with Crippen LogP contribution in [0, 0.1) is 6.92 Å². The first kappa shape index (κ1) is 17.0. The summed E-state index contributed by atoms with van der Waals surface area (Å²) in [5.41, 5.74) is 4.57. The summed E-state index contributed by atoms with van der Waals surface area (Å²) in [6.45, 7) is 7.04. The van der Waals surface area contributed by atoms with E-state index in [-0.39, 0.29) is 18.1 Å². The van der Waals surface area contributed by atoms with Gasteiger partial charge < -0.3 is 9.64 Å². The SMILES string of the molecule is Cc1ccccc1CN1C[C@@H]2OCCN(C(=O)c3cnn4c3CCC4)[C@@H]2C1. The molecule has 0 radical (unpaired) electrons. The van der Waals surface area contributed by atoms with Crippen LogP contribution in [0.15, 0.2) is 30.5 Å². The number of carbonyl (C=O) groups excluding carboxylic acids is 1. The number of aryl methyl sites for hydroxylation is 2. The van der Waals surface area contributed by atoms with Gasteiger partial charge in [0.15, 0.2) is 0 Å². The lowest BCUT2D eigenvalue weighted by Gasteiger charge is -2.37. The van der Waals surface area contributed by atoms with Crippen LogP contribution in [-0.2, 0) is 24.2 Å². The predicted molar refractivity (Wildman–Crippen MR) is 102 cm³/mol. The molecule has 0 spiro atoms. The quantitative estimate of drug-likeness (QED) is 0.832. The third kappa shape index (κ3) is 2.97. The van der Waals surface area contributed by atoms with Crippen molar-refractivity contribution in [2.45, 2.75) is 45.0 Å². The number of amides is 1. The third-order valence-electron chi connectivity index (χ3n) is 6.26. The van der Waals surface area contributed by atoms with Gasteiger partial charge in [-0.2, -0.15) is 5.10 Å². The van der Waals surface area contributed by atoms with Crippen molar-refractivity contribution in [1.82, 2.24) is 19.6 Å². The molecule has 1 aromatic heterocycles. The van der Waals surface area contributed by atoms with Gasteiger partial charge in [-0.15, -0.1) is 0 Å². The van der Waals surface area contributed by atoms with Crippen LogP contribution in [0.4, 0.5) is 0 Å². The predicted octanol–water partition coefficient (Wildman–Crippen LogP) is 1.86. The zero-order chi connectivity index (χ0) is 18.4. The van der Waals surface area contributed by atoms with Gasteiger partial charge in [0.2, 0.25) is 0 Å². The standard InChI is InChI=1S/C21H26N4O2/c1-15-5-2-3-6-16(15)12-23-13-19-20(14-23)27-10-9-24(19)21(26)17-11-22-25-8-4-7-18(17)25/h2-3,5-6,11,19-20H,4,7-10,12-14H2,1H3/t19-,20+/m1/s1. The molecule has 6 nitrogen and oxygen atoms in total. The summed E-state index contributed by atoms with van der Waals surface area (Å²) in [5, 5.41) is 4.41. The maximum atomic E-state index is 13.3. The number of rotatable bonds is 3. The summed E-state index contributed by atoms with van der Waals surface area (Å²) in [5.74, 6) is 0.134. The second-order valence-corrected chi connectivity index (χ2v) is 7.93. The van der Waals surface area contributed by atoms with Crippen molar-refractivity contribution in [3.8, 4) is 0 Å². The van der Waals surface area contributed by atoms with Crippen molar-refractivity contribution in [3.05, 3.63) is 52.8 Å². The number of aromatic nitrogens is 2. The Kier molecular flexibility index (Phi) is 4.25. The van der Waals surface area contributed by atoms with Crippen LogP contribution >= 0.6 is 0 Å². The van der Waals surface area contributed by atoms with E-state index in [9.17, 15) is 4.79 Å². The van der Waals surface area contributed by atoms with Gasteiger partial charge in [-0.3, -0.25) is 14.4 Å². The number of morpholine rings is 1. The highest BCUT2D eigenvalue weighted by molar-refractivity contribution is 5.95. The second kappa shape index (κ2) is 6.77. The molecule has 4 heterocycles. The molecule has 0 N–H and O–H groups in total. The molecule has 6 heteroatoms. The van der Waals surface area contributed by atoms with Crippen molar-refractivity contribution in [2.24, 2.45) is 0 Å². The molecule has 2 saturated heterocycles. The molecule has 0 aliphatic carbocycles. The van der Waals surface area contributed by atoms with E-state index < -0.39 is 0 Å². The number of benzene rings is 1. The number of hydrogen-bond donors (Lipinski definition) is 0. The van der Waals surface area contributed by atoms with E-state index in [1.54, 1.807) is 6.20 Å². The van der Waals surface area contributed by atoms with Crippen LogP contribution in [0.3, 0.4) is 0 Å². The highest BCUT2D eigenvalue weighted by Gasteiger charge is 2.43. The third-order valence-corrected chi connectivity index (χ3v) is 6.26. The average Bonchev–Trinajstić information content (AvgIpc) is 3.37. The fourth-order valence-electron chi connectivity index (χ4n) is 4.77. The van der Waals surface area contributed by atoms with Gasteiger partial charge in [0.25, 0.3) is 5.91 Å². The summed E-state index contributed by atoms with van der Waals surface area (Å²) >= 11 is 0. The van der Waals surface area contributed by atoms with Crippen molar-refractivity contribution < 1.29 is 9.53 Å². The van der Waals surface area contributed by atoms with Gasteiger partial charge in [-0.05, 0) is 30.9 Å². The smallest absolute Gasteiger partial charge is 0.257 e. The van der Waals surface area contributed by atoms with Crippen molar-refractivity contribution in [2.75, 3.05) is 26.2 Å². The topological polar surface area (TPSA) is 50.6 Å². The highest BCUT2D eigenvalue weighted by Crippen LogP contribution is 2.28. The normalized spacial score (nSPS) is 24.9. The van der Waals surface area contributed by atoms with Crippen LogP contribution in [0.1, 0.15) is 33.6 Å². The van der Waals surface area contributed by atoms with Gasteiger partial charge in [-0.25, -0.2) is 0 Å². The van der Waals surface area contributed by atoms with Crippen LogP contribution in [0.2, 0.25) is 0 Å². The van der Waals surface area contributed by atoms with E-state index in [1.807, 2.05) is 9.58 Å². The molecule has 0 bridgehead atoms. The minimum Gasteiger partial charge on any atom is -0.373 e. The number of nitrogens with zero attached hydrogens (tertiary/aromatic N) is 4. The number of carbonyl (C=O) groups is 1. The molecule has 2 atom stereocenters. The van der Waals surface area contributed by atoms with Gasteiger partial charge in [0.05, 0.1) is 36.2 Å². The molecule has 0 unspecified atom stereocenters. The van der Waals surface area contributed by atoms with E-state index in [2.05, 4.69) is 41.2 Å². The number of fused-ring (bicyclic) bond motifs is 2. The van der Waals surface area contributed by atoms with Crippen LogP contribution < -0.4 is 0 Å². The molecular formula is C21H26N4O2. The van der Waals surface area contributed by atoms with E-state index in [4.69, 9.17) is 4.74 Å². The average molecular weight is 366 g/mol. The Hall–Kier alpha value is -2.18. The first-order valence-corrected chi connectivity index (χ1v) is 9.95. The van der Waals surface area contributed by atoms with Crippen molar-refractivity contribution in [1.29, 1.82) is 0 Å². The largest absolute Gasteiger partial charge is 0.373 e. The maximum Gasteiger partial charge on any atom is 0.257 e. The Balaban J connectivity index is 1.33. The van der Waals surface area contributed by atoms with E-state index in [0.29, 0.717) is 13.2 Å². The Morgan fingerprint density at radius 3 is 3.04 bits per heavy atom. The Morgan fingerprint density at radius 2 is 2.15 bits per heavy atom. The lowest BCUT2D eigenvalue weighted by atomic mass is 10.1. The van der Waals surface area contributed by atoms with Crippen molar-refractivity contribution in [3.63, 3.8) is 0 Å². The Bertz CT molecular complexity index is 862. The molecule has 2 fully saturated rings. The number of likely N-dealkylation sites (tertiary alicyclic amines) is 1. The molecule has 2 aromatic rings. The van der Waals surface area contributed by atoms with E-state index in [0.717, 1.165) is 50.3 Å². The molecule has 1 amide bonds. The Morgan fingerprint density at radius 1 is 1.26 bits per heavy atom. The number of ether oxygens (including phenoxy) is 1. The summed E-state index contributed by atoms with van der Waals surface area (Å²) < 4.78 is 8.02. The van der Waals surface area contributed by atoms with Gasteiger partial charge >= 0.3 is 0 Å². The van der Waals surface area contributed by atoms with Crippen LogP contribution in [-0.4, -0.2) is 63.9 Å². The van der Waals surface area contributed by atoms with E-state index in [1.165, 1.54) is 11.1 Å². The molecule has 27 heavy (non-hydrogen) atoms. The molecule has 5 rings (SSSR count). The fraction of sp³-hybridized carbons (Fsp3) is 0.524. The molecule has 3 aliphatic rings. The monoisotopic (exact) mass is 366 g/mol.